The van der Waals surface area contributed by atoms with Gasteiger partial charge in [0.1, 0.15) is 0 Å². The first-order valence-electron chi connectivity index (χ1n) is 4.20. The summed E-state index contributed by atoms with van der Waals surface area (Å²) in [6, 6.07) is 1.63. The maximum atomic E-state index is 11.2. The zero-order chi connectivity index (χ0) is 12.0. The average Bonchev–Trinajstić information content (AvgIpc) is 2.26. The van der Waals surface area contributed by atoms with Crippen molar-refractivity contribution in [3.05, 3.63) is 11.8 Å². The van der Waals surface area contributed by atoms with Crippen LogP contribution in [0.2, 0.25) is 0 Å². The number of nitrogens with zero attached hydrogens (tertiary/aromatic N) is 2. The van der Waals surface area contributed by atoms with Crippen LogP contribution in [0.4, 0.5) is 10.7 Å². The number of hydrogen-bond acceptors (Lipinski definition) is 8. The first-order valence-corrected chi connectivity index (χ1v) is 5.93. The van der Waals surface area contributed by atoms with Crippen molar-refractivity contribution in [3.8, 4) is 5.88 Å². The lowest BCUT2D eigenvalue weighted by Crippen LogP contribution is -2.01. The number of anilines is 1. The van der Waals surface area contributed by atoms with Crippen LogP contribution in [0.3, 0.4) is 0 Å². The molecule has 0 spiro atoms. The maximum Gasteiger partial charge on any atom is 0.273 e. The van der Waals surface area contributed by atoms with E-state index in [1.54, 1.807) is 6.07 Å². The van der Waals surface area contributed by atoms with E-state index in [2.05, 4.69) is 14.2 Å². The van der Waals surface area contributed by atoms with Crippen molar-refractivity contribution in [1.29, 1.82) is 0 Å². The number of thioether (sulfide) groups is 1. The molecule has 1 aromatic rings. The molecule has 0 amide bonds. The highest BCUT2D eigenvalue weighted by molar-refractivity contribution is 8.36. The van der Waals surface area contributed by atoms with Crippen molar-refractivity contribution in [1.82, 2.24) is 9.97 Å². The highest BCUT2D eigenvalue weighted by Crippen LogP contribution is 2.22. The standard InChI is InChI=1S/C8H11N3O3S2/c1-13-6-3-5(10-7(9)11-6)4-15-8(12)16-14-2/h3H,4H2,1-2H3,(H2,9,10,11). The Hall–Kier alpha value is -0.990. The summed E-state index contributed by atoms with van der Waals surface area (Å²) >= 11 is 1.86. The molecule has 0 unspecified atom stereocenters. The van der Waals surface area contributed by atoms with Crippen molar-refractivity contribution in [2.45, 2.75) is 5.75 Å². The van der Waals surface area contributed by atoms with Gasteiger partial charge in [0, 0.05) is 11.8 Å². The Balaban J connectivity index is 2.59. The Morgan fingerprint density at radius 1 is 1.50 bits per heavy atom. The van der Waals surface area contributed by atoms with Crippen LogP contribution >= 0.6 is 23.8 Å². The van der Waals surface area contributed by atoms with Crippen LogP contribution in [0, 0.1) is 0 Å². The van der Waals surface area contributed by atoms with E-state index in [4.69, 9.17) is 10.5 Å². The minimum atomic E-state index is -0.140. The van der Waals surface area contributed by atoms with E-state index >= 15 is 0 Å². The van der Waals surface area contributed by atoms with Crippen LogP contribution in [0.25, 0.3) is 0 Å². The van der Waals surface area contributed by atoms with Crippen molar-refractivity contribution in [2.75, 3.05) is 20.0 Å². The zero-order valence-corrected chi connectivity index (χ0v) is 10.4. The fraction of sp³-hybridized carbons (Fsp3) is 0.375. The molecule has 1 heterocycles. The van der Waals surface area contributed by atoms with Crippen molar-refractivity contribution in [3.63, 3.8) is 0 Å². The second-order valence-corrected chi connectivity index (χ2v) is 4.63. The lowest BCUT2D eigenvalue weighted by molar-refractivity contribution is 0.275. The number of nitrogens with two attached hydrogens (primary N) is 1. The quantitative estimate of drug-likeness (QED) is 0.820. The predicted octanol–water partition coefficient (Wildman–Crippen LogP) is 1.72. The number of methoxy groups -OCH3 is 1. The minimum absolute atomic E-state index is 0.127. The summed E-state index contributed by atoms with van der Waals surface area (Å²) in [6.07, 6.45) is 0. The van der Waals surface area contributed by atoms with Crippen LogP contribution < -0.4 is 10.5 Å². The van der Waals surface area contributed by atoms with Gasteiger partial charge in [0.05, 0.1) is 32.0 Å². The van der Waals surface area contributed by atoms with E-state index in [0.717, 1.165) is 23.8 Å². The molecule has 2 N–H and O–H groups in total. The normalized spacial score (nSPS) is 10.1. The molecule has 0 saturated heterocycles. The lowest BCUT2D eigenvalue weighted by atomic mass is 10.4. The third-order valence-electron chi connectivity index (χ3n) is 1.47. The third kappa shape index (κ3) is 4.25. The molecule has 0 saturated carbocycles. The minimum Gasteiger partial charge on any atom is -0.481 e. The van der Waals surface area contributed by atoms with E-state index in [1.807, 2.05) is 0 Å². The Morgan fingerprint density at radius 3 is 2.88 bits per heavy atom. The van der Waals surface area contributed by atoms with E-state index in [-0.39, 0.29) is 10.4 Å². The van der Waals surface area contributed by atoms with Gasteiger partial charge < -0.3 is 14.7 Å². The molecule has 0 aliphatic heterocycles. The number of carbonyl (C=O) groups is 1. The molecule has 1 rings (SSSR count). The van der Waals surface area contributed by atoms with E-state index in [9.17, 15) is 4.79 Å². The molecule has 0 aliphatic rings. The van der Waals surface area contributed by atoms with Crippen molar-refractivity contribution in [2.24, 2.45) is 0 Å². The SMILES string of the molecule is COSC(=O)SCc1cc(OC)nc(N)n1. The Kier molecular flexibility index (Phi) is 5.36. The molecule has 88 valence electrons. The molecule has 0 aliphatic carbocycles. The summed E-state index contributed by atoms with van der Waals surface area (Å²) in [5.74, 6) is 0.912. The van der Waals surface area contributed by atoms with Crippen molar-refractivity contribution < 1.29 is 13.7 Å². The summed E-state index contributed by atoms with van der Waals surface area (Å²) in [4.78, 5) is 19.0. The fourth-order valence-corrected chi connectivity index (χ4v) is 2.02. The second-order valence-electron chi connectivity index (χ2n) is 2.55. The summed E-state index contributed by atoms with van der Waals surface area (Å²) in [6.45, 7) is 0. The third-order valence-corrected chi connectivity index (χ3v) is 3.01. The van der Waals surface area contributed by atoms with Gasteiger partial charge in [0.2, 0.25) is 11.8 Å². The van der Waals surface area contributed by atoms with Crippen LogP contribution in [-0.2, 0) is 9.94 Å². The van der Waals surface area contributed by atoms with Gasteiger partial charge in [-0.1, -0.05) is 11.8 Å². The maximum absolute atomic E-state index is 11.2. The second kappa shape index (κ2) is 6.56. The van der Waals surface area contributed by atoms with E-state index in [0.29, 0.717) is 17.3 Å². The Bertz CT molecular complexity index is 376. The topological polar surface area (TPSA) is 87.3 Å². The number of aromatic nitrogens is 2. The molecule has 8 heteroatoms. The van der Waals surface area contributed by atoms with Gasteiger partial charge in [-0.2, -0.15) is 4.98 Å². The molecule has 0 bridgehead atoms. The Morgan fingerprint density at radius 2 is 2.25 bits per heavy atom. The first-order chi connectivity index (χ1) is 7.65. The molecule has 0 atom stereocenters. The van der Waals surface area contributed by atoms with Crippen LogP contribution in [0.15, 0.2) is 6.07 Å². The smallest absolute Gasteiger partial charge is 0.273 e. The van der Waals surface area contributed by atoms with Crippen LogP contribution in [0.5, 0.6) is 5.88 Å². The molecular weight excluding hydrogens is 250 g/mol. The number of nitrogen functional groups attached to an aromatic ring is 1. The largest absolute Gasteiger partial charge is 0.481 e. The van der Waals surface area contributed by atoms with Gasteiger partial charge in [0.25, 0.3) is 4.45 Å². The summed E-state index contributed by atoms with van der Waals surface area (Å²) in [7, 11) is 2.93. The molecule has 16 heavy (non-hydrogen) atoms. The van der Waals surface area contributed by atoms with Gasteiger partial charge in [-0.25, -0.2) is 4.98 Å². The van der Waals surface area contributed by atoms with Gasteiger partial charge in [-0.05, 0) is 0 Å². The highest BCUT2D eigenvalue weighted by Gasteiger charge is 2.07. The lowest BCUT2D eigenvalue weighted by Gasteiger charge is -2.03. The fourth-order valence-electron chi connectivity index (χ4n) is 0.896. The van der Waals surface area contributed by atoms with Gasteiger partial charge in [-0.3, -0.25) is 4.79 Å². The number of ether oxygens (including phenoxy) is 1. The molecule has 0 radical (unpaired) electrons. The molecular formula is C8H11N3O3S2. The van der Waals surface area contributed by atoms with Crippen LogP contribution in [-0.4, -0.2) is 28.6 Å². The number of rotatable bonds is 4. The van der Waals surface area contributed by atoms with E-state index < -0.39 is 0 Å². The molecule has 0 aromatic carbocycles. The van der Waals surface area contributed by atoms with Gasteiger partial charge >= 0.3 is 0 Å². The predicted molar refractivity (Wildman–Crippen MR) is 64.3 cm³/mol. The molecule has 6 nitrogen and oxygen atoms in total. The monoisotopic (exact) mass is 261 g/mol. The summed E-state index contributed by atoms with van der Waals surface area (Å²) in [5.41, 5.74) is 6.11. The molecule has 1 aromatic heterocycles. The summed E-state index contributed by atoms with van der Waals surface area (Å²) < 4.78 is 9.42. The number of hydrogen-bond donors (Lipinski definition) is 1. The number of carbonyl (C=O) groups excluding carboxylic acids is 1. The Labute approximate surface area is 102 Å². The van der Waals surface area contributed by atoms with Crippen LogP contribution in [0.1, 0.15) is 5.69 Å². The van der Waals surface area contributed by atoms with E-state index in [1.165, 1.54) is 14.2 Å². The van der Waals surface area contributed by atoms with Gasteiger partial charge in [-0.15, -0.1) is 0 Å². The van der Waals surface area contributed by atoms with Gasteiger partial charge in [0.15, 0.2) is 0 Å². The highest BCUT2D eigenvalue weighted by atomic mass is 32.2. The zero-order valence-electron chi connectivity index (χ0n) is 8.80. The summed E-state index contributed by atoms with van der Waals surface area (Å²) in [5, 5.41) is 0. The average molecular weight is 261 g/mol. The van der Waals surface area contributed by atoms with Crippen molar-refractivity contribution >= 4 is 34.2 Å². The molecule has 0 fully saturated rings. The first kappa shape index (κ1) is 13.1.